The van der Waals surface area contributed by atoms with Gasteiger partial charge in [0.2, 0.25) is 0 Å². The maximum absolute atomic E-state index is 13.3. The zero-order chi connectivity index (χ0) is 25.6. The van der Waals surface area contributed by atoms with Gasteiger partial charge in [-0.2, -0.15) is 8.42 Å². The summed E-state index contributed by atoms with van der Waals surface area (Å²) in [6.07, 6.45) is 6.93. The van der Waals surface area contributed by atoms with Crippen molar-refractivity contribution in [2.24, 2.45) is 0 Å². The second-order valence-electron chi connectivity index (χ2n) is 8.09. The standard InChI is InChI=1S/C23H27N3O7S2/c1-3-4-5-6-7-10-15-33-23(28)18-11-8-9-12-21(18)35(31,32)26-22(27)19-16-17(34(2,29)30)13-14-20(19)24-25-26/h8-9,11-14,16H,3-7,10,15H2,1-2H3. The molecular weight excluding hydrogens is 494 g/mol. The number of esters is 1. The van der Waals surface area contributed by atoms with Crippen molar-refractivity contribution in [2.75, 3.05) is 12.9 Å². The summed E-state index contributed by atoms with van der Waals surface area (Å²) in [5.41, 5.74) is -1.30. The first-order valence-corrected chi connectivity index (χ1v) is 14.5. The lowest BCUT2D eigenvalue weighted by molar-refractivity contribution is 0.0493. The highest BCUT2D eigenvalue weighted by Crippen LogP contribution is 2.20. The molecule has 3 rings (SSSR count). The van der Waals surface area contributed by atoms with Crippen molar-refractivity contribution < 1.29 is 26.4 Å². The van der Waals surface area contributed by atoms with E-state index in [2.05, 4.69) is 17.2 Å². The Morgan fingerprint density at radius 3 is 2.37 bits per heavy atom. The Bertz CT molecular complexity index is 1500. The van der Waals surface area contributed by atoms with Gasteiger partial charge in [-0.3, -0.25) is 4.79 Å². The first-order valence-electron chi connectivity index (χ1n) is 11.2. The van der Waals surface area contributed by atoms with Crippen molar-refractivity contribution in [1.29, 1.82) is 0 Å². The average Bonchev–Trinajstić information content (AvgIpc) is 2.82. The largest absolute Gasteiger partial charge is 0.462 e. The summed E-state index contributed by atoms with van der Waals surface area (Å²) < 4.78 is 55.8. The lowest BCUT2D eigenvalue weighted by atomic mass is 10.1. The molecule has 0 saturated carbocycles. The first-order chi connectivity index (χ1) is 16.6. The summed E-state index contributed by atoms with van der Waals surface area (Å²) in [7, 11) is -8.30. The monoisotopic (exact) mass is 521 g/mol. The van der Waals surface area contributed by atoms with Crippen molar-refractivity contribution in [2.45, 2.75) is 55.2 Å². The molecule has 35 heavy (non-hydrogen) atoms. The third kappa shape index (κ3) is 6.12. The molecule has 0 radical (unpaired) electrons. The Hall–Kier alpha value is -3.12. The maximum Gasteiger partial charge on any atom is 0.339 e. The highest BCUT2D eigenvalue weighted by molar-refractivity contribution is 7.90. The molecule has 3 aromatic rings. The molecule has 0 aliphatic heterocycles. The van der Waals surface area contributed by atoms with E-state index in [1.54, 1.807) is 0 Å². The predicted octanol–water partition coefficient (Wildman–Crippen LogP) is 2.95. The molecule has 0 atom stereocenters. The van der Waals surface area contributed by atoms with Gasteiger partial charge < -0.3 is 4.74 Å². The zero-order valence-electron chi connectivity index (χ0n) is 19.5. The highest BCUT2D eigenvalue weighted by Gasteiger charge is 2.28. The third-order valence-corrected chi connectivity index (χ3v) is 8.09. The number of carbonyl (C=O) groups is 1. The van der Waals surface area contributed by atoms with Crippen molar-refractivity contribution in [1.82, 2.24) is 14.4 Å². The number of ether oxygens (including phenoxy) is 1. The van der Waals surface area contributed by atoms with E-state index in [1.165, 1.54) is 36.4 Å². The van der Waals surface area contributed by atoms with Gasteiger partial charge in [-0.15, -0.1) is 5.10 Å². The molecule has 10 nitrogen and oxygen atoms in total. The van der Waals surface area contributed by atoms with Crippen LogP contribution in [-0.4, -0.2) is 50.1 Å². The number of fused-ring (bicyclic) bond motifs is 1. The first kappa shape index (κ1) is 26.5. The Balaban J connectivity index is 1.91. The van der Waals surface area contributed by atoms with E-state index in [-0.39, 0.29) is 32.1 Å². The van der Waals surface area contributed by atoms with Crippen LogP contribution in [0.15, 0.2) is 57.1 Å². The molecule has 1 heterocycles. The Labute approximate surface area is 203 Å². The van der Waals surface area contributed by atoms with Gasteiger partial charge in [-0.25, -0.2) is 13.2 Å². The summed E-state index contributed by atoms with van der Waals surface area (Å²) in [4.78, 5) is 25.0. The number of hydrogen-bond donors (Lipinski definition) is 0. The van der Waals surface area contributed by atoms with Crippen LogP contribution in [0.1, 0.15) is 55.8 Å². The average molecular weight is 522 g/mol. The SMILES string of the molecule is CCCCCCCCOC(=O)c1ccccc1S(=O)(=O)n1nnc2ccc(S(C)(=O)=O)cc2c1=O. The van der Waals surface area contributed by atoms with Crippen LogP contribution in [-0.2, 0) is 24.6 Å². The molecule has 2 aromatic carbocycles. The Morgan fingerprint density at radius 2 is 1.66 bits per heavy atom. The number of hydrogen-bond acceptors (Lipinski definition) is 9. The minimum Gasteiger partial charge on any atom is -0.462 e. The van der Waals surface area contributed by atoms with Crippen LogP contribution in [0.3, 0.4) is 0 Å². The van der Waals surface area contributed by atoms with E-state index in [0.717, 1.165) is 44.4 Å². The van der Waals surface area contributed by atoms with Gasteiger partial charge in [0.25, 0.3) is 15.6 Å². The van der Waals surface area contributed by atoms with Gasteiger partial charge in [0, 0.05) is 6.26 Å². The Morgan fingerprint density at radius 1 is 0.971 bits per heavy atom. The van der Waals surface area contributed by atoms with Gasteiger partial charge in [0.05, 0.1) is 22.5 Å². The fourth-order valence-corrected chi connectivity index (χ4v) is 5.43. The number of unbranched alkanes of at least 4 members (excludes halogenated alkanes) is 5. The number of aromatic nitrogens is 3. The van der Waals surface area contributed by atoms with Crippen LogP contribution < -0.4 is 5.56 Å². The minimum absolute atomic E-state index is 0.0282. The van der Waals surface area contributed by atoms with Crippen LogP contribution in [0.4, 0.5) is 0 Å². The summed E-state index contributed by atoms with van der Waals surface area (Å²) in [5, 5.41) is 7.03. The molecular formula is C23H27N3O7S2. The highest BCUT2D eigenvalue weighted by atomic mass is 32.2. The summed E-state index contributed by atoms with van der Waals surface area (Å²) in [6, 6.07) is 8.91. The molecule has 12 heteroatoms. The summed E-state index contributed by atoms with van der Waals surface area (Å²) in [5.74, 6) is -0.834. The number of sulfone groups is 1. The van der Waals surface area contributed by atoms with Crippen molar-refractivity contribution in [3.8, 4) is 0 Å². The molecule has 0 fully saturated rings. The van der Waals surface area contributed by atoms with Gasteiger partial charge in [-0.05, 0) is 42.0 Å². The van der Waals surface area contributed by atoms with Gasteiger partial charge >= 0.3 is 5.97 Å². The number of nitrogens with zero attached hydrogens (tertiary/aromatic N) is 3. The van der Waals surface area contributed by atoms with E-state index in [9.17, 15) is 26.4 Å². The molecule has 0 N–H and O–H groups in total. The smallest absolute Gasteiger partial charge is 0.339 e. The number of rotatable bonds is 11. The van der Waals surface area contributed by atoms with Crippen LogP contribution in [0, 0.1) is 0 Å². The number of benzene rings is 2. The zero-order valence-corrected chi connectivity index (χ0v) is 21.1. The van der Waals surface area contributed by atoms with Crippen LogP contribution in [0.25, 0.3) is 10.9 Å². The summed E-state index contributed by atoms with van der Waals surface area (Å²) in [6.45, 7) is 2.26. The molecule has 0 unspecified atom stereocenters. The molecule has 1 aromatic heterocycles. The van der Waals surface area contributed by atoms with Crippen LogP contribution in [0.2, 0.25) is 0 Å². The van der Waals surface area contributed by atoms with Crippen LogP contribution in [0.5, 0.6) is 0 Å². The third-order valence-electron chi connectivity index (χ3n) is 5.38. The molecule has 0 aliphatic rings. The second-order valence-corrected chi connectivity index (χ2v) is 11.8. The molecule has 0 aliphatic carbocycles. The molecule has 0 saturated heterocycles. The predicted molar refractivity (Wildman–Crippen MR) is 130 cm³/mol. The fourth-order valence-electron chi connectivity index (χ4n) is 3.47. The number of carbonyl (C=O) groups excluding carboxylic acids is 1. The van der Waals surface area contributed by atoms with Gasteiger partial charge in [0.15, 0.2) is 9.84 Å². The van der Waals surface area contributed by atoms with E-state index < -0.39 is 36.3 Å². The fraction of sp³-hybridized carbons (Fsp3) is 0.391. The van der Waals surface area contributed by atoms with E-state index >= 15 is 0 Å². The molecule has 0 spiro atoms. The second kappa shape index (κ2) is 11.1. The lowest BCUT2D eigenvalue weighted by Gasteiger charge is -2.11. The molecule has 0 amide bonds. The quantitative estimate of drug-likeness (QED) is 0.275. The maximum atomic E-state index is 13.3. The van der Waals surface area contributed by atoms with Crippen molar-refractivity contribution in [3.63, 3.8) is 0 Å². The van der Waals surface area contributed by atoms with Crippen molar-refractivity contribution in [3.05, 3.63) is 58.4 Å². The normalized spacial score (nSPS) is 12.1. The van der Waals surface area contributed by atoms with Crippen LogP contribution >= 0.6 is 0 Å². The Kier molecular flexibility index (Phi) is 8.39. The lowest BCUT2D eigenvalue weighted by Crippen LogP contribution is -2.32. The van der Waals surface area contributed by atoms with E-state index in [4.69, 9.17) is 4.74 Å². The molecule has 0 bridgehead atoms. The van der Waals surface area contributed by atoms with Gasteiger partial charge in [0.1, 0.15) is 10.4 Å². The molecule has 188 valence electrons. The topological polar surface area (TPSA) is 142 Å². The minimum atomic E-state index is -4.65. The van der Waals surface area contributed by atoms with E-state index in [0.29, 0.717) is 6.42 Å². The van der Waals surface area contributed by atoms with E-state index in [1.807, 2.05) is 0 Å². The van der Waals surface area contributed by atoms with Gasteiger partial charge in [-0.1, -0.05) is 55.2 Å². The summed E-state index contributed by atoms with van der Waals surface area (Å²) >= 11 is 0. The van der Waals surface area contributed by atoms with Crippen molar-refractivity contribution >= 4 is 36.7 Å².